The molecule has 1 atom stereocenters. The summed E-state index contributed by atoms with van der Waals surface area (Å²) >= 11 is 0. The van der Waals surface area contributed by atoms with E-state index in [-0.39, 0.29) is 12.0 Å². The number of morpholine rings is 1. The van der Waals surface area contributed by atoms with E-state index in [1.54, 1.807) is 17.1 Å². The van der Waals surface area contributed by atoms with E-state index in [0.29, 0.717) is 25.3 Å². The molecule has 3 rings (SSSR count). The maximum absolute atomic E-state index is 12.6. The van der Waals surface area contributed by atoms with Crippen molar-refractivity contribution in [2.75, 3.05) is 19.7 Å². The van der Waals surface area contributed by atoms with E-state index in [0.717, 1.165) is 18.1 Å². The number of imidazole rings is 1. The molecule has 3 heterocycles. The molecule has 0 bridgehead atoms. The van der Waals surface area contributed by atoms with Crippen molar-refractivity contribution >= 4 is 5.91 Å². The molecule has 2 aromatic heterocycles. The van der Waals surface area contributed by atoms with Crippen molar-refractivity contribution < 1.29 is 9.53 Å². The fourth-order valence-corrected chi connectivity index (χ4v) is 2.75. The van der Waals surface area contributed by atoms with E-state index in [1.807, 2.05) is 36.6 Å². The number of hydrogen-bond donors (Lipinski definition) is 0. The van der Waals surface area contributed by atoms with Gasteiger partial charge < -0.3 is 14.2 Å². The summed E-state index contributed by atoms with van der Waals surface area (Å²) in [6.07, 6.45) is 5.20. The summed E-state index contributed by atoms with van der Waals surface area (Å²) in [6.45, 7) is 6.33. The van der Waals surface area contributed by atoms with Gasteiger partial charge in [-0.3, -0.25) is 9.48 Å². The van der Waals surface area contributed by atoms with Crippen molar-refractivity contribution in [3.63, 3.8) is 0 Å². The number of carbonyl (C=O) groups is 1. The monoisotopic (exact) mass is 303 g/mol. The van der Waals surface area contributed by atoms with Gasteiger partial charge in [0.25, 0.3) is 5.91 Å². The molecule has 0 spiro atoms. The van der Waals surface area contributed by atoms with E-state index in [2.05, 4.69) is 10.1 Å². The molecule has 1 saturated heterocycles. The Balaban J connectivity index is 1.75. The first-order valence-corrected chi connectivity index (χ1v) is 7.51. The van der Waals surface area contributed by atoms with Gasteiger partial charge in [-0.2, -0.15) is 5.10 Å². The quantitative estimate of drug-likeness (QED) is 0.853. The van der Waals surface area contributed by atoms with Crippen LogP contribution in [0.4, 0.5) is 0 Å². The Labute approximate surface area is 129 Å². The lowest BCUT2D eigenvalue weighted by molar-refractivity contribution is -0.0279. The molecule has 0 saturated carbocycles. The standard InChI is InChI=1S/C15H21N5O2/c1-4-20-9-12(7-16-20)15(21)19-5-6-22-13(10-19)14-17-11(2)8-18(14)3/h7-9,13H,4-6,10H2,1-3H3. The SMILES string of the molecule is CCn1cc(C(=O)N2CCOC(c3nc(C)cn3C)C2)cn1. The van der Waals surface area contributed by atoms with Crippen LogP contribution in [0.15, 0.2) is 18.6 Å². The number of ether oxygens (including phenoxy) is 1. The molecule has 0 aromatic carbocycles. The van der Waals surface area contributed by atoms with E-state index in [1.165, 1.54) is 0 Å². The molecule has 1 amide bonds. The van der Waals surface area contributed by atoms with Gasteiger partial charge in [0.05, 0.1) is 30.6 Å². The number of rotatable bonds is 3. The molecule has 0 aliphatic carbocycles. The van der Waals surface area contributed by atoms with Crippen molar-refractivity contribution in [1.82, 2.24) is 24.2 Å². The van der Waals surface area contributed by atoms with Gasteiger partial charge in [0.15, 0.2) is 0 Å². The first-order valence-electron chi connectivity index (χ1n) is 7.51. The van der Waals surface area contributed by atoms with Crippen molar-refractivity contribution in [3.05, 3.63) is 35.7 Å². The normalized spacial score (nSPS) is 18.7. The average Bonchev–Trinajstić information content (AvgIpc) is 3.13. The van der Waals surface area contributed by atoms with Gasteiger partial charge >= 0.3 is 0 Å². The second-order valence-corrected chi connectivity index (χ2v) is 5.55. The van der Waals surface area contributed by atoms with Crippen molar-refractivity contribution in [1.29, 1.82) is 0 Å². The summed E-state index contributed by atoms with van der Waals surface area (Å²) < 4.78 is 9.52. The lowest BCUT2D eigenvalue weighted by Gasteiger charge is -2.32. The Hall–Kier alpha value is -2.15. The zero-order chi connectivity index (χ0) is 15.7. The zero-order valence-electron chi connectivity index (χ0n) is 13.2. The summed E-state index contributed by atoms with van der Waals surface area (Å²) in [7, 11) is 1.95. The summed E-state index contributed by atoms with van der Waals surface area (Å²) in [4.78, 5) is 18.9. The number of aryl methyl sites for hydroxylation is 3. The molecule has 1 aliphatic heterocycles. The van der Waals surface area contributed by atoms with Gasteiger partial charge in [-0.05, 0) is 13.8 Å². The van der Waals surface area contributed by atoms with E-state index < -0.39 is 0 Å². The van der Waals surface area contributed by atoms with Gasteiger partial charge in [0.1, 0.15) is 11.9 Å². The predicted octanol–water partition coefficient (Wildman–Crippen LogP) is 1.16. The van der Waals surface area contributed by atoms with Gasteiger partial charge in [-0.1, -0.05) is 0 Å². The molecule has 22 heavy (non-hydrogen) atoms. The van der Waals surface area contributed by atoms with Gasteiger partial charge in [0.2, 0.25) is 0 Å². The highest BCUT2D eigenvalue weighted by molar-refractivity contribution is 5.93. The Morgan fingerprint density at radius 2 is 2.27 bits per heavy atom. The summed E-state index contributed by atoms with van der Waals surface area (Å²) in [5, 5.41) is 4.17. The predicted molar refractivity (Wildman–Crippen MR) is 80.4 cm³/mol. The lowest BCUT2D eigenvalue weighted by atomic mass is 10.2. The summed E-state index contributed by atoms with van der Waals surface area (Å²) in [6, 6.07) is 0. The number of aromatic nitrogens is 4. The van der Waals surface area contributed by atoms with Crippen LogP contribution in [0.25, 0.3) is 0 Å². The minimum atomic E-state index is -0.183. The van der Waals surface area contributed by atoms with Gasteiger partial charge in [-0.15, -0.1) is 0 Å². The Kier molecular flexibility index (Phi) is 3.98. The Morgan fingerprint density at radius 3 is 2.91 bits per heavy atom. The van der Waals surface area contributed by atoms with Crippen LogP contribution in [0, 0.1) is 6.92 Å². The third kappa shape index (κ3) is 2.76. The molecule has 7 nitrogen and oxygen atoms in total. The first kappa shape index (κ1) is 14.8. The summed E-state index contributed by atoms with van der Waals surface area (Å²) in [5.41, 5.74) is 1.58. The molecular weight excluding hydrogens is 282 g/mol. The highest BCUT2D eigenvalue weighted by atomic mass is 16.5. The first-order chi connectivity index (χ1) is 10.6. The molecule has 1 aliphatic rings. The smallest absolute Gasteiger partial charge is 0.257 e. The van der Waals surface area contributed by atoms with Gasteiger partial charge in [0, 0.05) is 32.5 Å². The van der Waals surface area contributed by atoms with Crippen LogP contribution in [0.1, 0.15) is 34.9 Å². The summed E-state index contributed by atoms with van der Waals surface area (Å²) in [5.74, 6) is 0.859. The van der Waals surface area contributed by atoms with Crippen LogP contribution < -0.4 is 0 Å². The van der Waals surface area contributed by atoms with E-state index in [9.17, 15) is 4.79 Å². The van der Waals surface area contributed by atoms with Crippen LogP contribution >= 0.6 is 0 Å². The van der Waals surface area contributed by atoms with E-state index in [4.69, 9.17) is 4.74 Å². The molecule has 118 valence electrons. The third-order valence-electron chi connectivity index (χ3n) is 3.88. The Bertz CT molecular complexity index is 675. The zero-order valence-corrected chi connectivity index (χ0v) is 13.2. The van der Waals surface area contributed by atoms with Crippen LogP contribution in [0.5, 0.6) is 0 Å². The second kappa shape index (κ2) is 5.92. The molecule has 2 aromatic rings. The van der Waals surface area contributed by atoms with Gasteiger partial charge in [-0.25, -0.2) is 4.98 Å². The third-order valence-corrected chi connectivity index (χ3v) is 3.88. The van der Waals surface area contributed by atoms with Crippen LogP contribution in [0.3, 0.4) is 0 Å². The molecule has 1 unspecified atom stereocenters. The number of carbonyl (C=O) groups excluding carboxylic acids is 1. The lowest BCUT2D eigenvalue weighted by Crippen LogP contribution is -2.42. The highest BCUT2D eigenvalue weighted by Gasteiger charge is 2.29. The topological polar surface area (TPSA) is 65.2 Å². The highest BCUT2D eigenvalue weighted by Crippen LogP contribution is 2.22. The van der Waals surface area contributed by atoms with Crippen molar-refractivity contribution in [3.8, 4) is 0 Å². The molecule has 0 radical (unpaired) electrons. The molecule has 7 heteroatoms. The second-order valence-electron chi connectivity index (χ2n) is 5.55. The fourth-order valence-electron chi connectivity index (χ4n) is 2.75. The van der Waals surface area contributed by atoms with Crippen molar-refractivity contribution in [2.45, 2.75) is 26.5 Å². The Morgan fingerprint density at radius 1 is 1.45 bits per heavy atom. The number of amides is 1. The van der Waals surface area contributed by atoms with E-state index >= 15 is 0 Å². The minimum absolute atomic E-state index is 0.000990. The number of hydrogen-bond acceptors (Lipinski definition) is 4. The van der Waals surface area contributed by atoms with Crippen molar-refractivity contribution in [2.24, 2.45) is 7.05 Å². The largest absolute Gasteiger partial charge is 0.367 e. The van der Waals surface area contributed by atoms with Crippen LogP contribution in [-0.4, -0.2) is 49.8 Å². The fraction of sp³-hybridized carbons (Fsp3) is 0.533. The molecular formula is C15H21N5O2. The van der Waals surface area contributed by atoms with Crippen LogP contribution in [-0.2, 0) is 18.3 Å². The molecule has 0 N–H and O–H groups in total. The molecule has 1 fully saturated rings. The number of nitrogens with zero attached hydrogens (tertiary/aromatic N) is 5. The average molecular weight is 303 g/mol. The maximum Gasteiger partial charge on any atom is 0.257 e. The maximum atomic E-state index is 12.6. The minimum Gasteiger partial charge on any atom is -0.367 e. The van der Waals surface area contributed by atoms with Crippen LogP contribution in [0.2, 0.25) is 0 Å².